The van der Waals surface area contributed by atoms with Crippen molar-refractivity contribution in [3.8, 4) is 0 Å². The molecule has 29 heavy (non-hydrogen) atoms. The van der Waals surface area contributed by atoms with Crippen LogP contribution in [-0.4, -0.2) is 68.9 Å². The van der Waals surface area contributed by atoms with Crippen LogP contribution in [0.3, 0.4) is 0 Å². The molecule has 0 unspecified atom stereocenters. The van der Waals surface area contributed by atoms with Gasteiger partial charge in [-0.15, -0.1) is 0 Å². The molecule has 2 aromatic rings. The van der Waals surface area contributed by atoms with Crippen molar-refractivity contribution in [3.05, 3.63) is 65.2 Å². The zero-order valence-corrected chi connectivity index (χ0v) is 17.9. The summed E-state index contributed by atoms with van der Waals surface area (Å²) in [7, 11) is -1.11. The Morgan fingerprint density at radius 3 is 2.31 bits per heavy atom. The number of sulfonamides is 1. The summed E-state index contributed by atoms with van der Waals surface area (Å²) in [5.41, 5.74) is 3.01. The largest absolute Gasteiger partial charge is 0.336 e. The van der Waals surface area contributed by atoms with Gasteiger partial charge < -0.3 is 4.90 Å². The number of piperazine rings is 1. The molecule has 7 nitrogen and oxygen atoms in total. The van der Waals surface area contributed by atoms with E-state index in [1.54, 1.807) is 12.1 Å². The standard InChI is InChI=1S/C21H27N3O4S/c1-17-5-4-6-18(15-17)16-23-11-13-24(14-12-23)21(25)19-7-9-20(10-8-19)29(26,27)22(2)28-3/h4-10,15H,11-14,16H2,1-3H3. The molecule has 1 saturated heterocycles. The van der Waals surface area contributed by atoms with Crippen LogP contribution in [0.1, 0.15) is 21.5 Å². The van der Waals surface area contributed by atoms with Crippen LogP contribution in [0.15, 0.2) is 53.4 Å². The molecule has 0 bridgehead atoms. The van der Waals surface area contributed by atoms with Crippen molar-refractivity contribution < 1.29 is 18.0 Å². The van der Waals surface area contributed by atoms with E-state index in [4.69, 9.17) is 4.84 Å². The molecule has 0 spiro atoms. The van der Waals surface area contributed by atoms with Gasteiger partial charge in [0.2, 0.25) is 0 Å². The molecule has 2 aromatic carbocycles. The summed E-state index contributed by atoms with van der Waals surface area (Å²) in [6.07, 6.45) is 0. The highest BCUT2D eigenvalue weighted by molar-refractivity contribution is 7.89. The lowest BCUT2D eigenvalue weighted by molar-refractivity contribution is -0.0258. The van der Waals surface area contributed by atoms with Crippen molar-refractivity contribution >= 4 is 15.9 Å². The molecule has 0 aromatic heterocycles. The minimum absolute atomic E-state index is 0.0794. The number of nitrogens with zero attached hydrogens (tertiary/aromatic N) is 3. The average Bonchev–Trinajstić information content (AvgIpc) is 2.73. The summed E-state index contributed by atoms with van der Waals surface area (Å²) in [6.45, 7) is 5.89. The number of aryl methyl sites for hydroxylation is 1. The van der Waals surface area contributed by atoms with E-state index in [9.17, 15) is 13.2 Å². The third-order valence-corrected chi connectivity index (χ3v) is 6.84. The fourth-order valence-corrected chi connectivity index (χ4v) is 4.35. The summed E-state index contributed by atoms with van der Waals surface area (Å²) in [5.74, 6) is -0.0794. The number of benzene rings is 2. The first-order valence-electron chi connectivity index (χ1n) is 9.51. The van der Waals surface area contributed by atoms with Crippen molar-refractivity contribution in [1.29, 1.82) is 0 Å². The molecule has 1 fully saturated rings. The summed E-state index contributed by atoms with van der Waals surface area (Å²) < 4.78 is 25.3. The van der Waals surface area contributed by atoms with Crippen LogP contribution in [0.25, 0.3) is 0 Å². The maximum atomic E-state index is 12.8. The van der Waals surface area contributed by atoms with E-state index >= 15 is 0 Å². The Bertz CT molecular complexity index is 952. The molecule has 1 heterocycles. The molecule has 0 N–H and O–H groups in total. The Kier molecular flexibility index (Phi) is 6.69. The molecule has 0 radical (unpaired) electrons. The summed E-state index contributed by atoms with van der Waals surface area (Å²) in [6, 6.07) is 14.5. The minimum atomic E-state index is -3.72. The number of carbonyl (C=O) groups is 1. The van der Waals surface area contributed by atoms with Crippen LogP contribution >= 0.6 is 0 Å². The lowest BCUT2D eigenvalue weighted by atomic mass is 10.1. The molecule has 156 valence electrons. The van der Waals surface area contributed by atoms with Crippen LogP contribution in [0.5, 0.6) is 0 Å². The maximum absolute atomic E-state index is 12.8. The van der Waals surface area contributed by atoms with E-state index in [0.717, 1.165) is 24.1 Å². The molecule has 1 aliphatic rings. The number of hydrogen-bond donors (Lipinski definition) is 0. The Balaban J connectivity index is 1.59. The van der Waals surface area contributed by atoms with Gasteiger partial charge in [0.05, 0.1) is 12.0 Å². The van der Waals surface area contributed by atoms with Crippen molar-refractivity contribution in [2.45, 2.75) is 18.4 Å². The SMILES string of the molecule is CON(C)S(=O)(=O)c1ccc(C(=O)N2CCN(Cc3cccc(C)c3)CC2)cc1. The van der Waals surface area contributed by atoms with Gasteiger partial charge in [-0.3, -0.25) is 14.5 Å². The maximum Gasteiger partial charge on any atom is 0.264 e. The van der Waals surface area contributed by atoms with Crippen molar-refractivity contribution in [2.24, 2.45) is 0 Å². The summed E-state index contributed by atoms with van der Waals surface area (Å²) in [4.78, 5) is 21.8. The van der Waals surface area contributed by atoms with Crippen molar-refractivity contribution in [1.82, 2.24) is 14.3 Å². The number of hydroxylamine groups is 1. The lowest BCUT2D eigenvalue weighted by Gasteiger charge is -2.34. The quantitative estimate of drug-likeness (QED) is 0.674. The highest BCUT2D eigenvalue weighted by Gasteiger charge is 2.24. The molecule has 0 atom stereocenters. The van der Waals surface area contributed by atoms with E-state index in [2.05, 4.69) is 36.1 Å². The van der Waals surface area contributed by atoms with Crippen LogP contribution in [0.4, 0.5) is 0 Å². The molecule has 1 amide bonds. The Morgan fingerprint density at radius 2 is 1.72 bits per heavy atom. The Labute approximate surface area is 172 Å². The predicted molar refractivity (Wildman–Crippen MR) is 111 cm³/mol. The van der Waals surface area contributed by atoms with E-state index < -0.39 is 10.0 Å². The molecule has 0 aliphatic carbocycles. The first kappa shape index (κ1) is 21.4. The zero-order chi connectivity index (χ0) is 21.0. The normalized spacial score (nSPS) is 15.7. The lowest BCUT2D eigenvalue weighted by Crippen LogP contribution is -2.48. The third-order valence-electron chi connectivity index (χ3n) is 5.14. The van der Waals surface area contributed by atoms with Gasteiger partial charge in [-0.25, -0.2) is 8.42 Å². The first-order valence-corrected chi connectivity index (χ1v) is 11.0. The summed E-state index contributed by atoms with van der Waals surface area (Å²) in [5, 5.41) is 0. The molecule has 1 aliphatic heterocycles. The summed E-state index contributed by atoms with van der Waals surface area (Å²) >= 11 is 0. The monoisotopic (exact) mass is 417 g/mol. The smallest absolute Gasteiger partial charge is 0.264 e. The molecular weight excluding hydrogens is 390 g/mol. The number of amides is 1. The van der Waals surface area contributed by atoms with E-state index in [1.807, 2.05) is 4.90 Å². The molecule has 8 heteroatoms. The van der Waals surface area contributed by atoms with Crippen molar-refractivity contribution in [2.75, 3.05) is 40.3 Å². The van der Waals surface area contributed by atoms with E-state index in [0.29, 0.717) is 18.7 Å². The molecule has 0 saturated carbocycles. The second kappa shape index (κ2) is 9.04. The van der Waals surface area contributed by atoms with Gasteiger partial charge in [-0.2, -0.15) is 0 Å². The topological polar surface area (TPSA) is 70.2 Å². The minimum Gasteiger partial charge on any atom is -0.336 e. The van der Waals surface area contributed by atoms with Crippen LogP contribution < -0.4 is 0 Å². The average molecular weight is 418 g/mol. The molecular formula is C21H27N3O4S. The van der Waals surface area contributed by atoms with Gasteiger partial charge in [-0.05, 0) is 36.8 Å². The zero-order valence-electron chi connectivity index (χ0n) is 17.0. The third kappa shape index (κ3) is 5.02. The number of carbonyl (C=O) groups excluding carboxylic acids is 1. The number of hydrogen-bond acceptors (Lipinski definition) is 5. The van der Waals surface area contributed by atoms with E-state index in [-0.39, 0.29) is 10.8 Å². The fraction of sp³-hybridized carbons (Fsp3) is 0.381. The highest BCUT2D eigenvalue weighted by atomic mass is 32.2. The van der Waals surface area contributed by atoms with Gasteiger partial charge in [0.25, 0.3) is 15.9 Å². The van der Waals surface area contributed by atoms with Gasteiger partial charge >= 0.3 is 0 Å². The fourth-order valence-electron chi connectivity index (χ4n) is 3.38. The molecule has 3 rings (SSSR count). The first-order chi connectivity index (χ1) is 13.8. The second-order valence-electron chi connectivity index (χ2n) is 7.18. The van der Waals surface area contributed by atoms with Crippen LogP contribution in [0, 0.1) is 6.92 Å². The van der Waals surface area contributed by atoms with Gasteiger partial charge in [-0.1, -0.05) is 34.3 Å². The van der Waals surface area contributed by atoms with Crippen LogP contribution in [-0.2, 0) is 21.4 Å². The Morgan fingerprint density at radius 1 is 1.07 bits per heavy atom. The Hall–Kier alpha value is -2.26. The van der Waals surface area contributed by atoms with Gasteiger partial charge in [0.1, 0.15) is 0 Å². The van der Waals surface area contributed by atoms with Crippen LogP contribution in [0.2, 0.25) is 0 Å². The predicted octanol–water partition coefficient (Wildman–Crippen LogP) is 2.13. The second-order valence-corrected chi connectivity index (χ2v) is 9.11. The van der Waals surface area contributed by atoms with E-state index in [1.165, 1.54) is 37.4 Å². The van der Waals surface area contributed by atoms with Crippen molar-refractivity contribution in [3.63, 3.8) is 0 Å². The van der Waals surface area contributed by atoms with Gasteiger partial charge in [0.15, 0.2) is 0 Å². The number of rotatable bonds is 6. The highest BCUT2D eigenvalue weighted by Crippen LogP contribution is 2.17. The van der Waals surface area contributed by atoms with Gasteiger partial charge in [0, 0.05) is 45.3 Å².